The number of esters is 2. The molecule has 0 atom stereocenters. The molecule has 0 N–H and O–H groups in total. The summed E-state index contributed by atoms with van der Waals surface area (Å²) < 4.78 is 16.7. The number of cyclic esters (lactones) is 1. The van der Waals surface area contributed by atoms with Gasteiger partial charge in [-0.3, -0.25) is 10.1 Å². The molecule has 3 aromatic rings. The number of ether oxygens (including phenoxy) is 3. The summed E-state index contributed by atoms with van der Waals surface area (Å²) in [4.78, 5) is 39.5. The number of nitro benzene ring substituents is 1. The van der Waals surface area contributed by atoms with Crippen molar-refractivity contribution in [3.8, 4) is 11.5 Å². The van der Waals surface area contributed by atoms with Crippen LogP contribution in [0.5, 0.6) is 11.5 Å². The van der Waals surface area contributed by atoms with Crippen molar-refractivity contribution in [3.63, 3.8) is 0 Å². The Morgan fingerprint density at radius 1 is 1.17 bits per heavy atom. The minimum absolute atomic E-state index is 0.0236. The quantitative estimate of drug-likeness (QED) is 0.0920. The molecular weight excluding hydrogens is 591 g/mol. The van der Waals surface area contributed by atoms with Crippen molar-refractivity contribution in [1.82, 2.24) is 0 Å². The number of benzene rings is 3. The van der Waals surface area contributed by atoms with E-state index in [2.05, 4.69) is 4.99 Å². The van der Waals surface area contributed by atoms with E-state index in [9.17, 15) is 19.7 Å². The van der Waals surface area contributed by atoms with Crippen LogP contribution in [-0.2, 0) is 9.53 Å². The van der Waals surface area contributed by atoms with Gasteiger partial charge in [-0.15, -0.1) is 0 Å². The van der Waals surface area contributed by atoms with Gasteiger partial charge >= 0.3 is 11.9 Å². The highest BCUT2D eigenvalue weighted by molar-refractivity contribution is 14.1. The lowest BCUT2D eigenvalue weighted by molar-refractivity contribution is -0.384. The maximum Gasteiger partial charge on any atom is 0.363 e. The van der Waals surface area contributed by atoms with Gasteiger partial charge in [-0.2, -0.15) is 0 Å². The van der Waals surface area contributed by atoms with Crippen LogP contribution < -0.4 is 9.47 Å². The molecular formula is C24H14ClIN2O7. The van der Waals surface area contributed by atoms with Gasteiger partial charge in [0.15, 0.2) is 17.2 Å². The third-order valence-corrected chi connectivity index (χ3v) is 5.89. The standard InChI is InChI=1S/C24H14ClIN2O7/c1-33-20-11-13(9-17(26)21(20)34-23(29)14-5-3-2-4-6-14)10-18-24(30)35-22(27-18)15-7-8-16(25)19(12-15)28(31)32/h2-12H,1H3/b18-10-. The molecule has 0 fully saturated rings. The largest absolute Gasteiger partial charge is 0.493 e. The van der Waals surface area contributed by atoms with Crippen molar-refractivity contribution in [2.45, 2.75) is 0 Å². The second kappa shape index (κ2) is 10.2. The maximum absolute atomic E-state index is 12.5. The highest BCUT2D eigenvalue weighted by atomic mass is 127. The van der Waals surface area contributed by atoms with Gasteiger partial charge in [0.05, 0.1) is 21.2 Å². The molecule has 0 aliphatic carbocycles. The first-order chi connectivity index (χ1) is 16.8. The van der Waals surface area contributed by atoms with E-state index in [-0.39, 0.29) is 39.4 Å². The van der Waals surface area contributed by atoms with E-state index in [1.54, 1.807) is 42.5 Å². The Hall–Kier alpha value is -3.77. The van der Waals surface area contributed by atoms with E-state index in [1.807, 2.05) is 22.6 Å². The van der Waals surface area contributed by atoms with Crippen molar-refractivity contribution < 1.29 is 28.7 Å². The number of carbonyl (C=O) groups excluding carboxylic acids is 2. The molecule has 3 aromatic carbocycles. The van der Waals surface area contributed by atoms with Gasteiger partial charge in [-0.25, -0.2) is 14.6 Å². The normalized spacial score (nSPS) is 13.9. The van der Waals surface area contributed by atoms with Crippen LogP contribution in [-0.4, -0.2) is 29.9 Å². The Bertz CT molecular complexity index is 1420. The average Bonchev–Trinajstić information content (AvgIpc) is 3.21. The lowest BCUT2D eigenvalue weighted by Crippen LogP contribution is -2.10. The van der Waals surface area contributed by atoms with Gasteiger partial charge in [0.2, 0.25) is 5.90 Å². The number of hydrogen-bond donors (Lipinski definition) is 0. The van der Waals surface area contributed by atoms with E-state index < -0.39 is 16.9 Å². The minimum Gasteiger partial charge on any atom is -0.493 e. The fourth-order valence-electron chi connectivity index (χ4n) is 3.12. The molecule has 35 heavy (non-hydrogen) atoms. The van der Waals surface area contributed by atoms with Crippen molar-refractivity contribution in [2.75, 3.05) is 7.11 Å². The summed E-state index contributed by atoms with van der Waals surface area (Å²) in [5, 5.41) is 11.1. The van der Waals surface area contributed by atoms with Crippen molar-refractivity contribution >= 4 is 63.8 Å². The average molecular weight is 605 g/mol. The fraction of sp³-hybridized carbons (Fsp3) is 0.0417. The molecule has 0 bridgehead atoms. The molecule has 11 heteroatoms. The van der Waals surface area contributed by atoms with Crippen molar-refractivity contribution in [1.29, 1.82) is 0 Å². The summed E-state index contributed by atoms with van der Waals surface area (Å²) >= 11 is 7.83. The van der Waals surface area contributed by atoms with Crippen LogP contribution in [0.2, 0.25) is 5.02 Å². The van der Waals surface area contributed by atoms with Crippen LogP contribution >= 0.6 is 34.2 Å². The molecule has 0 radical (unpaired) electrons. The first-order valence-electron chi connectivity index (χ1n) is 9.88. The highest BCUT2D eigenvalue weighted by Crippen LogP contribution is 2.36. The second-order valence-corrected chi connectivity index (χ2v) is 8.62. The predicted octanol–water partition coefficient (Wildman–Crippen LogP) is 5.43. The van der Waals surface area contributed by atoms with E-state index in [4.69, 9.17) is 25.8 Å². The summed E-state index contributed by atoms with van der Waals surface area (Å²) in [6, 6.07) is 15.8. The second-order valence-electron chi connectivity index (χ2n) is 7.05. The minimum atomic E-state index is -0.730. The summed E-state index contributed by atoms with van der Waals surface area (Å²) in [6.07, 6.45) is 1.47. The van der Waals surface area contributed by atoms with E-state index in [0.717, 1.165) is 0 Å². The lowest BCUT2D eigenvalue weighted by Gasteiger charge is -2.12. The molecule has 0 unspecified atom stereocenters. The molecule has 0 amide bonds. The SMILES string of the molecule is COc1cc(/C=C2\N=C(c3ccc(Cl)c([N+](=O)[O-])c3)OC2=O)cc(I)c1OC(=O)c1ccccc1. The number of nitro groups is 1. The van der Waals surface area contributed by atoms with Gasteiger partial charge in [0.1, 0.15) is 5.02 Å². The van der Waals surface area contributed by atoms with Crippen LogP contribution in [0.15, 0.2) is 71.4 Å². The zero-order valence-corrected chi connectivity index (χ0v) is 20.8. The monoisotopic (exact) mass is 604 g/mol. The Morgan fingerprint density at radius 2 is 1.91 bits per heavy atom. The Labute approximate surface area is 217 Å². The Balaban J connectivity index is 1.64. The molecule has 0 saturated carbocycles. The van der Waals surface area contributed by atoms with Gasteiger partial charge in [0, 0.05) is 11.6 Å². The molecule has 0 saturated heterocycles. The third kappa shape index (κ3) is 5.33. The van der Waals surface area contributed by atoms with Crippen LogP contribution in [0.1, 0.15) is 21.5 Å². The van der Waals surface area contributed by atoms with Crippen LogP contribution in [0, 0.1) is 13.7 Å². The Kier molecular flexibility index (Phi) is 7.12. The number of rotatable bonds is 6. The molecule has 0 spiro atoms. The van der Waals surface area contributed by atoms with Gasteiger partial charge in [0.25, 0.3) is 5.69 Å². The molecule has 9 nitrogen and oxygen atoms in total. The van der Waals surface area contributed by atoms with Crippen LogP contribution in [0.3, 0.4) is 0 Å². The molecule has 176 valence electrons. The summed E-state index contributed by atoms with van der Waals surface area (Å²) in [5.74, 6) is -0.853. The summed E-state index contributed by atoms with van der Waals surface area (Å²) in [7, 11) is 1.43. The zero-order chi connectivity index (χ0) is 25.1. The maximum atomic E-state index is 12.5. The molecule has 1 aliphatic heterocycles. The number of hydrogen-bond acceptors (Lipinski definition) is 8. The van der Waals surface area contributed by atoms with Gasteiger partial charge in [-0.05, 0) is 70.6 Å². The lowest BCUT2D eigenvalue weighted by atomic mass is 10.1. The summed E-state index contributed by atoms with van der Waals surface area (Å²) in [5.41, 5.74) is 0.789. The van der Waals surface area contributed by atoms with E-state index in [0.29, 0.717) is 14.7 Å². The number of carbonyl (C=O) groups is 2. The smallest absolute Gasteiger partial charge is 0.363 e. The van der Waals surface area contributed by atoms with Crippen molar-refractivity contribution in [2.24, 2.45) is 4.99 Å². The van der Waals surface area contributed by atoms with Gasteiger partial charge in [-0.1, -0.05) is 29.8 Å². The zero-order valence-electron chi connectivity index (χ0n) is 17.9. The number of nitrogens with zero attached hydrogens (tertiary/aromatic N) is 2. The first kappa shape index (κ1) is 24.4. The van der Waals surface area contributed by atoms with E-state index in [1.165, 1.54) is 31.4 Å². The highest BCUT2D eigenvalue weighted by Gasteiger charge is 2.26. The molecule has 1 aliphatic rings. The topological polar surface area (TPSA) is 117 Å². The molecule has 4 rings (SSSR count). The number of methoxy groups -OCH3 is 1. The van der Waals surface area contributed by atoms with Crippen molar-refractivity contribution in [3.05, 3.63) is 102 Å². The predicted molar refractivity (Wildman–Crippen MR) is 136 cm³/mol. The van der Waals surface area contributed by atoms with Crippen LogP contribution in [0.25, 0.3) is 6.08 Å². The number of halogens is 2. The van der Waals surface area contributed by atoms with Gasteiger partial charge < -0.3 is 14.2 Å². The number of aliphatic imine (C=N–C) groups is 1. The fourth-order valence-corrected chi connectivity index (χ4v) is 4.05. The van der Waals surface area contributed by atoms with E-state index >= 15 is 0 Å². The van der Waals surface area contributed by atoms with Crippen LogP contribution in [0.4, 0.5) is 5.69 Å². The first-order valence-corrected chi connectivity index (χ1v) is 11.3. The summed E-state index contributed by atoms with van der Waals surface area (Å²) in [6.45, 7) is 0. The molecule has 0 aromatic heterocycles. The Morgan fingerprint density at radius 3 is 2.60 bits per heavy atom. The third-order valence-electron chi connectivity index (χ3n) is 4.77. The molecule has 1 heterocycles.